The van der Waals surface area contributed by atoms with E-state index in [1.54, 1.807) is 0 Å². The molecule has 0 aliphatic carbocycles. The molecule has 15 heavy (non-hydrogen) atoms. The van der Waals surface area contributed by atoms with Crippen molar-refractivity contribution in [1.82, 2.24) is 10.1 Å². The SMILES string of the molecule is COCc1noc(SCCC=C(F)F)n1. The van der Waals surface area contributed by atoms with Crippen LogP contribution >= 0.6 is 11.8 Å². The highest BCUT2D eigenvalue weighted by Gasteiger charge is 2.05. The zero-order valence-corrected chi connectivity index (χ0v) is 8.89. The van der Waals surface area contributed by atoms with Crippen molar-refractivity contribution in [3.05, 3.63) is 18.0 Å². The van der Waals surface area contributed by atoms with Gasteiger partial charge in [-0.1, -0.05) is 16.9 Å². The Morgan fingerprint density at radius 1 is 1.60 bits per heavy atom. The van der Waals surface area contributed by atoms with Gasteiger partial charge in [-0.15, -0.1) is 0 Å². The second-order valence-electron chi connectivity index (χ2n) is 2.54. The molecule has 84 valence electrons. The molecule has 0 atom stereocenters. The van der Waals surface area contributed by atoms with Crippen molar-refractivity contribution < 1.29 is 18.0 Å². The van der Waals surface area contributed by atoms with E-state index in [2.05, 4.69) is 10.1 Å². The third-order valence-electron chi connectivity index (χ3n) is 1.36. The van der Waals surface area contributed by atoms with E-state index >= 15 is 0 Å². The Balaban J connectivity index is 2.28. The summed E-state index contributed by atoms with van der Waals surface area (Å²) in [5.41, 5.74) is 0. The molecule has 0 bridgehead atoms. The molecule has 1 heterocycles. The molecule has 0 aromatic carbocycles. The van der Waals surface area contributed by atoms with Gasteiger partial charge in [0.2, 0.25) is 0 Å². The van der Waals surface area contributed by atoms with E-state index in [0.29, 0.717) is 16.8 Å². The molecule has 4 nitrogen and oxygen atoms in total. The number of hydrogen-bond acceptors (Lipinski definition) is 5. The lowest BCUT2D eigenvalue weighted by molar-refractivity contribution is 0.174. The third-order valence-corrected chi connectivity index (χ3v) is 2.22. The number of ether oxygens (including phenoxy) is 1. The van der Waals surface area contributed by atoms with E-state index in [4.69, 9.17) is 9.26 Å². The molecule has 0 fully saturated rings. The van der Waals surface area contributed by atoms with Gasteiger partial charge in [0.25, 0.3) is 11.3 Å². The van der Waals surface area contributed by atoms with Crippen molar-refractivity contribution in [2.45, 2.75) is 18.3 Å². The summed E-state index contributed by atoms with van der Waals surface area (Å²) < 4.78 is 32.9. The fourth-order valence-corrected chi connectivity index (χ4v) is 1.47. The summed E-state index contributed by atoms with van der Waals surface area (Å²) >= 11 is 1.24. The number of nitrogens with zero attached hydrogens (tertiary/aromatic N) is 2. The van der Waals surface area contributed by atoms with E-state index in [0.717, 1.165) is 6.08 Å². The van der Waals surface area contributed by atoms with Crippen LogP contribution in [0.15, 0.2) is 21.9 Å². The fraction of sp³-hybridized carbons (Fsp3) is 0.500. The van der Waals surface area contributed by atoms with Crippen LogP contribution in [-0.4, -0.2) is 23.0 Å². The molecule has 1 rings (SSSR count). The Labute approximate surface area is 89.7 Å². The molecule has 0 unspecified atom stereocenters. The fourth-order valence-electron chi connectivity index (χ4n) is 0.799. The molecule has 0 aliphatic rings. The van der Waals surface area contributed by atoms with Gasteiger partial charge in [-0.2, -0.15) is 13.8 Å². The Morgan fingerprint density at radius 2 is 2.40 bits per heavy atom. The van der Waals surface area contributed by atoms with Crippen LogP contribution < -0.4 is 0 Å². The molecule has 0 N–H and O–H groups in total. The van der Waals surface area contributed by atoms with Crippen molar-refractivity contribution in [3.63, 3.8) is 0 Å². The number of methoxy groups -OCH3 is 1. The Bertz CT molecular complexity index is 326. The number of allylic oxidation sites excluding steroid dienone is 1. The molecule has 1 aromatic heterocycles. The minimum absolute atomic E-state index is 0.273. The predicted molar refractivity (Wildman–Crippen MR) is 50.7 cm³/mol. The number of rotatable bonds is 6. The standard InChI is InChI=1S/C8H10F2N2O2S/c1-13-5-7-11-8(14-12-7)15-4-2-3-6(9)10/h3H,2,4-5H2,1H3. The zero-order chi connectivity index (χ0) is 11.1. The average molecular weight is 236 g/mol. The van der Waals surface area contributed by atoms with Gasteiger partial charge < -0.3 is 9.26 Å². The quantitative estimate of drug-likeness (QED) is 0.561. The number of hydrogen-bond donors (Lipinski definition) is 0. The van der Waals surface area contributed by atoms with Crippen LogP contribution in [0.25, 0.3) is 0 Å². The van der Waals surface area contributed by atoms with Gasteiger partial charge in [0, 0.05) is 12.9 Å². The van der Waals surface area contributed by atoms with Crippen molar-refractivity contribution in [2.24, 2.45) is 0 Å². The third kappa shape index (κ3) is 4.89. The molecular formula is C8H10F2N2O2S. The van der Waals surface area contributed by atoms with Crippen molar-refractivity contribution in [1.29, 1.82) is 0 Å². The van der Waals surface area contributed by atoms with Crippen LogP contribution in [0, 0.1) is 0 Å². The average Bonchev–Trinajstić information content (AvgIpc) is 2.61. The summed E-state index contributed by atoms with van der Waals surface area (Å²) in [5, 5.41) is 3.99. The topological polar surface area (TPSA) is 48.2 Å². The molecule has 7 heteroatoms. The largest absolute Gasteiger partial charge is 0.377 e. The van der Waals surface area contributed by atoms with Gasteiger partial charge in [0.15, 0.2) is 5.82 Å². The Hall–Kier alpha value is -0.950. The minimum atomic E-state index is -1.67. The predicted octanol–water partition coefficient (Wildman–Crippen LogP) is 2.48. The van der Waals surface area contributed by atoms with Crippen molar-refractivity contribution in [2.75, 3.05) is 12.9 Å². The minimum Gasteiger partial charge on any atom is -0.377 e. The van der Waals surface area contributed by atoms with Gasteiger partial charge in [0.05, 0.1) is 0 Å². The van der Waals surface area contributed by atoms with Crippen LogP contribution in [0.5, 0.6) is 0 Å². The molecule has 0 radical (unpaired) electrons. The summed E-state index contributed by atoms with van der Waals surface area (Å²) in [7, 11) is 1.53. The maximum atomic E-state index is 11.6. The van der Waals surface area contributed by atoms with Crippen LogP contribution in [0.2, 0.25) is 0 Å². The molecular weight excluding hydrogens is 226 g/mol. The summed E-state index contributed by atoms with van der Waals surface area (Å²) in [5.74, 6) is 0.929. The van der Waals surface area contributed by atoms with Crippen molar-refractivity contribution >= 4 is 11.8 Å². The Kier molecular flexibility index (Phi) is 5.27. The van der Waals surface area contributed by atoms with Gasteiger partial charge in [0.1, 0.15) is 6.61 Å². The van der Waals surface area contributed by atoms with E-state index in [9.17, 15) is 8.78 Å². The summed E-state index contributed by atoms with van der Waals surface area (Å²) in [6.45, 7) is 0.281. The highest BCUT2D eigenvalue weighted by atomic mass is 32.2. The smallest absolute Gasteiger partial charge is 0.285 e. The highest BCUT2D eigenvalue weighted by molar-refractivity contribution is 7.99. The Morgan fingerprint density at radius 3 is 3.07 bits per heavy atom. The lowest BCUT2D eigenvalue weighted by Crippen LogP contribution is -1.89. The molecule has 0 amide bonds. The zero-order valence-electron chi connectivity index (χ0n) is 8.07. The summed E-state index contributed by atoms with van der Waals surface area (Å²) in [6.07, 6.45) is -0.532. The normalized spacial score (nSPS) is 10.3. The number of thioether (sulfide) groups is 1. The molecule has 0 aliphatic heterocycles. The van der Waals surface area contributed by atoms with Crippen LogP contribution in [0.1, 0.15) is 12.2 Å². The van der Waals surface area contributed by atoms with E-state index in [1.165, 1.54) is 18.9 Å². The first-order valence-corrected chi connectivity index (χ1v) is 5.16. The van der Waals surface area contributed by atoms with Crippen LogP contribution in [-0.2, 0) is 11.3 Å². The number of halogens is 2. The number of aromatic nitrogens is 2. The summed E-state index contributed by atoms with van der Waals surface area (Å²) in [6, 6.07) is 0. The molecule has 0 spiro atoms. The first-order chi connectivity index (χ1) is 7.22. The first-order valence-electron chi connectivity index (χ1n) is 4.18. The maximum absolute atomic E-state index is 11.6. The molecule has 0 saturated carbocycles. The van der Waals surface area contributed by atoms with Gasteiger partial charge in [-0.05, 0) is 12.5 Å². The molecule has 0 saturated heterocycles. The van der Waals surface area contributed by atoms with E-state index in [-0.39, 0.29) is 13.0 Å². The second kappa shape index (κ2) is 6.52. The van der Waals surface area contributed by atoms with Gasteiger partial charge in [-0.3, -0.25) is 0 Å². The lowest BCUT2D eigenvalue weighted by Gasteiger charge is -1.90. The maximum Gasteiger partial charge on any atom is 0.285 e. The second-order valence-corrected chi connectivity index (χ2v) is 3.59. The van der Waals surface area contributed by atoms with Gasteiger partial charge in [-0.25, -0.2) is 0 Å². The van der Waals surface area contributed by atoms with E-state index in [1.807, 2.05) is 0 Å². The van der Waals surface area contributed by atoms with Crippen LogP contribution in [0.4, 0.5) is 8.78 Å². The van der Waals surface area contributed by atoms with Crippen LogP contribution in [0.3, 0.4) is 0 Å². The molecule has 1 aromatic rings. The monoisotopic (exact) mass is 236 g/mol. The first kappa shape index (κ1) is 12.1. The lowest BCUT2D eigenvalue weighted by atomic mass is 10.5. The van der Waals surface area contributed by atoms with E-state index < -0.39 is 6.08 Å². The summed E-state index contributed by atoms with van der Waals surface area (Å²) in [4.78, 5) is 3.97. The van der Waals surface area contributed by atoms with Gasteiger partial charge >= 0.3 is 0 Å². The van der Waals surface area contributed by atoms with Crippen molar-refractivity contribution in [3.8, 4) is 0 Å². The highest BCUT2D eigenvalue weighted by Crippen LogP contribution is 2.17.